The van der Waals surface area contributed by atoms with E-state index in [1.807, 2.05) is 25.1 Å². The van der Waals surface area contributed by atoms with E-state index in [0.717, 1.165) is 18.6 Å². The molecule has 1 atom stereocenters. The third-order valence-corrected chi connectivity index (χ3v) is 3.57. The Bertz CT molecular complexity index is 620. The Morgan fingerprint density at radius 2 is 1.87 bits per heavy atom. The van der Waals surface area contributed by atoms with Gasteiger partial charge in [0, 0.05) is 11.6 Å². The van der Waals surface area contributed by atoms with E-state index < -0.39 is 0 Å². The normalized spacial score (nSPS) is 11.5. The summed E-state index contributed by atoms with van der Waals surface area (Å²) in [4.78, 5) is 12.2. The molecule has 120 valence electrons. The van der Waals surface area contributed by atoms with Crippen LogP contribution >= 0.6 is 0 Å². The van der Waals surface area contributed by atoms with E-state index in [2.05, 4.69) is 24.0 Å². The maximum atomic E-state index is 12.2. The number of amides is 1. The highest BCUT2D eigenvalue weighted by atomic mass is 16.5. The van der Waals surface area contributed by atoms with Crippen LogP contribution in [0.1, 0.15) is 29.3 Å². The van der Waals surface area contributed by atoms with Crippen LogP contribution in [0.15, 0.2) is 67.3 Å². The lowest BCUT2D eigenvalue weighted by Gasteiger charge is -2.14. The molecule has 0 aromatic heterocycles. The molecule has 2 aromatic rings. The SMILES string of the molecule is C=CCOc1ccc(C(=O)N[C@@H](C)CCc2ccccc2)cc1. The zero-order valence-corrected chi connectivity index (χ0v) is 13.5. The molecule has 2 aromatic carbocycles. The maximum absolute atomic E-state index is 12.2. The summed E-state index contributed by atoms with van der Waals surface area (Å²) in [7, 11) is 0. The van der Waals surface area contributed by atoms with E-state index in [-0.39, 0.29) is 11.9 Å². The lowest BCUT2D eigenvalue weighted by molar-refractivity contribution is 0.0938. The third-order valence-electron chi connectivity index (χ3n) is 3.57. The topological polar surface area (TPSA) is 38.3 Å². The molecule has 0 bridgehead atoms. The van der Waals surface area contributed by atoms with Crippen LogP contribution in [0.25, 0.3) is 0 Å². The van der Waals surface area contributed by atoms with Crippen molar-refractivity contribution in [1.82, 2.24) is 5.32 Å². The van der Waals surface area contributed by atoms with Crippen molar-refractivity contribution in [2.24, 2.45) is 0 Å². The first-order valence-corrected chi connectivity index (χ1v) is 7.87. The molecule has 3 nitrogen and oxygen atoms in total. The second kappa shape index (κ2) is 8.79. The summed E-state index contributed by atoms with van der Waals surface area (Å²) in [5.74, 6) is 0.680. The van der Waals surface area contributed by atoms with Crippen LogP contribution in [-0.2, 0) is 6.42 Å². The molecule has 0 aliphatic carbocycles. The lowest BCUT2D eigenvalue weighted by atomic mass is 10.1. The first-order valence-electron chi connectivity index (χ1n) is 7.87. The minimum absolute atomic E-state index is 0.0548. The molecule has 0 saturated carbocycles. The monoisotopic (exact) mass is 309 g/mol. The van der Waals surface area contributed by atoms with Crippen molar-refractivity contribution in [3.8, 4) is 5.75 Å². The molecule has 0 spiro atoms. The number of aryl methyl sites for hydroxylation is 1. The van der Waals surface area contributed by atoms with Gasteiger partial charge in [0.05, 0.1) is 0 Å². The van der Waals surface area contributed by atoms with Gasteiger partial charge in [-0.2, -0.15) is 0 Å². The van der Waals surface area contributed by atoms with Crippen LogP contribution < -0.4 is 10.1 Å². The summed E-state index contributed by atoms with van der Waals surface area (Å²) >= 11 is 0. The summed E-state index contributed by atoms with van der Waals surface area (Å²) in [6.45, 7) is 6.09. The van der Waals surface area contributed by atoms with Crippen LogP contribution in [0.3, 0.4) is 0 Å². The van der Waals surface area contributed by atoms with Crippen molar-refractivity contribution in [1.29, 1.82) is 0 Å². The largest absolute Gasteiger partial charge is 0.490 e. The first-order chi connectivity index (χ1) is 11.2. The van der Waals surface area contributed by atoms with E-state index in [1.165, 1.54) is 5.56 Å². The first kappa shape index (κ1) is 16.8. The van der Waals surface area contributed by atoms with Gasteiger partial charge in [-0.1, -0.05) is 43.0 Å². The van der Waals surface area contributed by atoms with Gasteiger partial charge < -0.3 is 10.1 Å². The molecule has 0 saturated heterocycles. The third kappa shape index (κ3) is 5.62. The van der Waals surface area contributed by atoms with Crippen molar-refractivity contribution in [3.05, 3.63) is 78.4 Å². The molecule has 3 heteroatoms. The Kier molecular flexibility index (Phi) is 6.42. The standard InChI is InChI=1S/C20H23NO2/c1-3-15-23-19-13-11-18(12-14-19)20(22)21-16(2)9-10-17-7-5-4-6-8-17/h3-8,11-14,16H,1,9-10,15H2,2H3,(H,21,22)/t16-/m0/s1. The molecular weight excluding hydrogens is 286 g/mol. The van der Waals surface area contributed by atoms with Crippen LogP contribution in [0, 0.1) is 0 Å². The molecular formula is C20H23NO2. The van der Waals surface area contributed by atoms with Crippen LogP contribution in [0.2, 0.25) is 0 Å². The van der Waals surface area contributed by atoms with Gasteiger partial charge in [0.15, 0.2) is 0 Å². The maximum Gasteiger partial charge on any atom is 0.251 e. The number of rotatable bonds is 8. The predicted octanol–water partition coefficient (Wildman–Crippen LogP) is 4.00. The summed E-state index contributed by atoms with van der Waals surface area (Å²) in [5, 5.41) is 3.03. The number of carbonyl (C=O) groups excluding carboxylic acids is 1. The zero-order valence-electron chi connectivity index (χ0n) is 13.5. The lowest BCUT2D eigenvalue weighted by Crippen LogP contribution is -2.32. The van der Waals surface area contributed by atoms with Crippen molar-refractivity contribution in [2.75, 3.05) is 6.61 Å². The van der Waals surface area contributed by atoms with Crippen LogP contribution in [0.5, 0.6) is 5.75 Å². The molecule has 0 unspecified atom stereocenters. The minimum Gasteiger partial charge on any atom is -0.490 e. The molecule has 0 heterocycles. The van der Waals surface area contributed by atoms with Gasteiger partial charge in [-0.3, -0.25) is 4.79 Å². The fourth-order valence-electron chi connectivity index (χ4n) is 2.26. The molecule has 0 radical (unpaired) electrons. The van der Waals surface area contributed by atoms with Gasteiger partial charge in [-0.25, -0.2) is 0 Å². The zero-order chi connectivity index (χ0) is 16.5. The Morgan fingerprint density at radius 3 is 2.52 bits per heavy atom. The van der Waals surface area contributed by atoms with E-state index >= 15 is 0 Å². The molecule has 1 amide bonds. The molecule has 0 fully saturated rings. The molecule has 23 heavy (non-hydrogen) atoms. The Balaban J connectivity index is 1.82. The van der Waals surface area contributed by atoms with Gasteiger partial charge in [0.25, 0.3) is 5.91 Å². The number of benzene rings is 2. The van der Waals surface area contributed by atoms with Crippen molar-refractivity contribution < 1.29 is 9.53 Å². The number of hydrogen-bond donors (Lipinski definition) is 1. The second-order valence-electron chi connectivity index (χ2n) is 5.52. The number of ether oxygens (including phenoxy) is 1. The van der Waals surface area contributed by atoms with Crippen LogP contribution in [0.4, 0.5) is 0 Å². The highest BCUT2D eigenvalue weighted by Gasteiger charge is 2.10. The Labute approximate surface area is 138 Å². The number of carbonyl (C=O) groups is 1. The number of hydrogen-bond acceptors (Lipinski definition) is 2. The Morgan fingerprint density at radius 1 is 1.17 bits per heavy atom. The van der Waals surface area contributed by atoms with Gasteiger partial charge in [-0.15, -0.1) is 0 Å². The average molecular weight is 309 g/mol. The van der Waals surface area contributed by atoms with Crippen molar-refractivity contribution in [2.45, 2.75) is 25.8 Å². The summed E-state index contributed by atoms with van der Waals surface area (Å²) in [6, 6.07) is 17.6. The van der Waals surface area contributed by atoms with Gasteiger partial charge in [0.2, 0.25) is 0 Å². The summed E-state index contributed by atoms with van der Waals surface area (Å²) in [5.41, 5.74) is 1.93. The quantitative estimate of drug-likeness (QED) is 0.748. The summed E-state index contributed by atoms with van der Waals surface area (Å²) in [6.07, 6.45) is 3.56. The minimum atomic E-state index is -0.0548. The fourth-order valence-corrected chi connectivity index (χ4v) is 2.26. The molecule has 0 aliphatic heterocycles. The average Bonchev–Trinajstić information content (AvgIpc) is 2.59. The highest BCUT2D eigenvalue weighted by Crippen LogP contribution is 2.12. The molecule has 2 rings (SSSR count). The summed E-state index contributed by atoms with van der Waals surface area (Å²) < 4.78 is 5.41. The molecule has 0 aliphatic rings. The Hall–Kier alpha value is -2.55. The van der Waals surface area contributed by atoms with Gasteiger partial charge in [0.1, 0.15) is 12.4 Å². The van der Waals surface area contributed by atoms with Gasteiger partial charge in [-0.05, 0) is 49.6 Å². The van der Waals surface area contributed by atoms with Gasteiger partial charge >= 0.3 is 0 Å². The van der Waals surface area contributed by atoms with Crippen molar-refractivity contribution in [3.63, 3.8) is 0 Å². The van der Waals surface area contributed by atoms with E-state index in [1.54, 1.807) is 30.3 Å². The van der Waals surface area contributed by atoms with Crippen LogP contribution in [-0.4, -0.2) is 18.6 Å². The van der Waals surface area contributed by atoms with E-state index in [4.69, 9.17) is 4.74 Å². The number of nitrogens with one attached hydrogen (secondary N) is 1. The highest BCUT2D eigenvalue weighted by molar-refractivity contribution is 5.94. The molecule has 1 N–H and O–H groups in total. The fraction of sp³-hybridized carbons (Fsp3) is 0.250. The van der Waals surface area contributed by atoms with E-state index in [9.17, 15) is 4.79 Å². The van der Waals surface area contributed by atoms with E-state index in [0.29, 0.717) is 12.2 Å². The smallest absolute Gasteiger partial charge is 0.251 e. The predicted molar refractivity (Wildman–Crippen MR) is 93.8 cm³/mol. The van der Waals surface area contributed by atoms with Crippen molar-refractivity contribution >= 4 is 5.91 Å². The second-order valence-corrected chi connectivity index (χ2v) is 5.52.